The number of hydrogen-bond donors (Lipinski definition) is 0. The standard InChI is InChI=1S/C24H24O7/c1-24(2)9-8-12-15(31-24)7-6-13-20(25)19-14-10-17(26-3)18(27-4)11-16(14)29-23(28-5)22(19)30-21(12)13/h6-11,19,22-23H,1-5H3/t19-,22+,23?/m1/s1. The highest BCUT2D eigenvalue weighted by Gasteiger charge is 2.49. The molecule has 0 N–H and O–H groups in total. The zero-order chi connectivity index (χ0) is 21.9. The molecule has 7 nitrogen and oxygen atoms in total. The van der Waals surface area contributed by atoms with Crippen molar-refractivity contribution >= 4 is 11.9 Å². The van der Waals surface area contributed by atoms with E-state index in [2.05, 4.69) is 0 Å². The Hall–Kier alpha value is -3.19. The molecule has 1 unspecified atom stereocenters. The number of fused-ring (bicyclic) bond motifs is 6. The molecular formula is C24H24O7. The number of rotatable bonds is 3. The molecule has 0 saturated carbocycles. The van der Waals surface area contributed by atoms with Crippen LogP contribution in [0, 0.1) is 0 Å². The molecule has 5 rings (SSSR count). The lowest BCUT2D eigenvalue weighted by molar-refractivity contribution is -0.133. The molecule has 7 heteroatoms. The van der Waals surface area contributed by atoms with E-state index < -0.39 is 23.9 Å². The summed E-state index contributed by atoms with van der Waals surface area (Å²) in [7, 11) is 4.63. The van der Waals surface area contributed by atoms with Gasteiger partial charge in [-0.2, -0.15) is 0 Å². The predicted octanol–water partition coefficient (Wildman–Crippen LogP) is 3.98. The summed E-state index contributed by atoms with van der Waals surface area (Å²) in [4.78, 5) is 13.7. The minimum Gasteiger partial charge on any atom is -0.493 e. The summed E-state index contributed by atoms with van der Waals surface area (Å²) >= 11 is 0. The Bertz CT molecular complexity index is 1100. The highest BCUT2D eigenvalue weighted by Crippen LogP contribution is 2.50. The second-order valence-corrected chi connectivity index (χ2v) is 8.28. The normalized spacial score (nSPS) is 24.4. The van der Waals surface area contributed by atoms with Crippen LogP contribution in [-0.4, -0.2) is 45.1 Å². The van der Waals surface area contributed by atoms with Gasteiger partial charge in [0, 0.05) is 18.7 Å². The lowest BCUT2D eigenvalue weighted by Gasteiger charge is -2.42. The van der Waals surface area contributed by atoms with Crippen LogP contribution >= 0.6 is 0 Å². The van der Waals surface area contributed by atoms with Gasteiger partial charge < -0.3 is 28.4 Å². The molecule has 0 fully saturated rings. The quantitative estimate of drug-likeness (QED) is 0.738. The van der Waals surface area contributed by atoms with E-state index in [9.17, 15) is 4.79 Å². The highest BCUT2D eigenvalue weighted by molar-refractivity contribution is 6.06. The lowest BCUT2D eigenvalue weighted by Crippen LogP contribution is -2.50. The molecule has 3 aliphatic rings. The maximum Gasteiger partial charge on any atom is 0.238 e. The zero-order valence-corrected chi connectivity index (χ0v) is 18.1. The van der Waals surface area contributed by atoms with E-state index >= 15 is 0 Å². The fourth-order valence-corrected chi connectivity index (χ4v) is 4.40. The number of carbonyl (C=O) groups excluding carboxylic acids is 1. The first kappa shape index (κ1) is 19.8. The summed E-state index contributed by atoms with van der Waals surface area (Å²) in [6.45, 7) is 3.95. The molecule has 3 aliphatic heterocycles. The van der Waals surface area contributed by atoms with E-state index in [4.69, 9.17) is 28.4 Å². The topological polar surface area (TPSA) is 72.5 Å². The van der Waals surface area contributed by atoms with Crippen molar-refractivity contribution < 1.29 is 33.2 Å². The van der Waals surface area contributed by atoms with E-state index in [0.717, 1.165) is 5.56 Å². The number of methoxy groups -OCH3 is 3. The minimum atomic E-state index is -0.770. The third-order valence-corrected chi connectivity index (χ3v) is 5.91. The van der Waals surface area contributed by atoms with Gasteiger partial charge >= 0.3 is 0 Å². The molecular weight excluding hydrogens is 400 g/mol. The van der Waals surface area contributed by atoms with Crippen molar-refractivity contribution in [1.82, 2.24) is 0 Å². The second kappa shape index (κ2) is 6.92. The van der Waals surface area contributed by atoms with E-state index in [1.165, 1.54) is 7.11 Å². The van der Waals surface area contributed by atoms with Gasteiger partial charge in [-0.25, -0.2) is 0 Å². The SMILES string of the molecule is COc1cc2c(cc1OC)[C@@H]1C(=O)c3ccc4c(c3O[C@@H]1C(OC)O2)C=CC(C)(C)O4. The Labute approximate surface area is 180 Å². The van der Waals surface area contributed by atoms with Gasteiger partial charge in [-0.15, -0.1) is 0 Å². The minimum absolute atomic E-state index is 0.0638. The molecule has 3 heterocycles. The van der Waals surface area contributed by atoms with E-state index in [1.54, 1.807) is 32.4 Å². The first-order valence-corrected chi connectivity index (χ1v) is 10.1. The molecule has 3 atom stereocenters. The number of ether oxygens (including phenoxy) is 6. The van der Waals surface area contributed by atoms with Gasteiger partial charge in [-0.1, -0.05) is 0 Å². The lowest BCUT2D eigenvalue weighted by atomic mass is 9.80. The number of Topliss-reactive ketones (excluding diaryl/α,β-unsaturated/α-hetero) is 1. The third kappa shape index (κ3) is 2.95. The molecule has 0 radical (unpaired) electrons. The van der Waals surface area contributed by atoms with Gasteiger partial charge in [-0.3, -0.25) is 4.79 Å². The Balaban J connectivity index is 1.66. The number of benzene rings is 2. The molecule has 0 saturated heterocycles. The largest absolute Gasteiger partial charge is 0.493 e. The Kier molecular flexibility index (Phi) is 4.41. The van der Waals surface area contributed by atoms with Crippen LogP contribution in [0.2, 0.25) is 0 Å². The zero-order valence-electron chi connectivity index (χ0n) is 18.1. The average Bonchev–Trinajstić information content (AvgIpc) is 2.76. The predicted molar refractivity (Wildman–Crippen MR) is 113 cm³/mol. The highest BCUT2D eigenvalue weighted by atomic mass is 16.7. The molecule has 2 aromatic carbocycles. The summed E-state index contributed by atoms with van der Waals surface area (Å²) in [6.07, 6.45) is 2.46. The van der Waals surface area contributed by atoms with Crippen molar-refractivity contribution in [1.29, 1.82) is 0 Å². The molecule has 0 spiro atoms. The molecule has 0 aliphatic carbocycles. The van der Waals surface area contributed by atoms with Crippen LogP contribution in [0.3, 0.4) is 0 Å². The molecule has 162 valence electrons. The number of carbonyl (C=O) groups is 1. The molecule has 0 bridgehead atoms. The van der Waals surface area contributed by atoms with E-state index in [1.807, 2.05) is 32.1 Å². The second-order valence-electron chi connectivity index (χ2n) is 8.28. The third-order valence-electron chi connectivity index (χ3n) is 5.91. The Morgan fingerprint density at radius 1 is 0.968 bits per heavy atom. The van der Waals surface area contributed by atoms with Crippen LogP contribution in [0.15, 0.2) is 30.3 Å². The van der Waals surface area contributed by atoms with Gasteiger partial charge in [0.05, 0.1) is 31.3 Å². The maximum absolute atomic E-state index is 13.7. The van der Waals surface area contributed by atoms with Crippen molar-refractivity contribution in [2.24, 2.45) is 0 Å². The van der Waals surface area contributed by atoms with Crippen molar-refractivity contribution in [3.8, 4) is 28.7 Å². The first-order chi connectivity index (χ1) is 14.9. The van der Waals surface area contributed by atoms with Gasteiger partial charge in [0.2, 0.25) is 6.29 Å². The van der Waals surface area contributed by atoms with Gasteiger partial charge in [0.15, 0.2) is 23.4 Å². The van der Waals surface area contributed by atoms with Crippen molar-refractivity contribution in [3.63, 3.8) is 0 Å². The van der Waals surface area contributed by atoms with Crippen molar-refractivity contribution in [3.05, 3.63) is 47.0 Å². The van der Waals surface area contributed by atoms with Gasteiger partial charge in [0.1, 0.15) is 22.8 Å². The van der Waals surface area contributed by atoms with Crippen LogP contribution in [0.4, 0.5) is 0 Å². The summed E-state index contributed by atoms with van der Waals surface area (Å²) in [5.41, 5.74) is 1.50. The summed E-state index contributed by atoms with van der Waals surface area (Å²) < 4.78 is 34.9. The monoisotopic (exact) mass is 424 g/mol. The Morgan fingerprint density at radius 2 is 1.71 bits per heavy atom. The molecule has 2 aromatic rings. The van der Waals surface area contributed by atoms with Gasteiger partial charge in [-0.05, 0) is 44.2 Å². The van der Waals surface area contributed by atoms with E-state index in [0.29, 0.717) is 39.9 Å². The summed E-state index contributed by atoms with van der Waals surface area (Å²) in [5.74, 6) is 2.03. The molecule has 31 heavy (non-hydrogen) atoms. The van der Waals surface area contributed by atoms with E-state index in [-0.39, 0.29) is 5.78 Å². The smallest absolute Gasteiger partial charge is 0.238 e. The summed E-state index contributed by atoms with van der Waals surface area (Å²) in [6, 6.07) is 7.07. The van der Waals surface area contributed by atoms with Crippen LogP contribution in [0.5, 0.6) is 28.7 Å². The fourth-order valence-electron chi connectivity index (χ4n) is 4.40. The molecule has 0 amide bonds. The van der Waals surface area contributed by atoms with Crippen LogP contribution in [-0.2, 0) is 4.74 Å². The maximum atomic E-state index is 13.7. The molecule has 0 aromatic heterocycles. The Morgan fingerprint density at radius 3 is 2.42 bits per heavy atom. The fraction of sp³-hybridized carbons (Fsp3) is 0.375. The summed E-state index contributed by atoms with van der Waals surface area (Å²) in [5, 5.41) is 0. The van der Waals surface area contributed by atoms with Crippen LogP contribution in [0.1, 0.15) is 41.3 Å². The van der Waals surface area contributed by atoms with Crippen LogP contribution in [0.25, 0.3) is 6.08 Å². The van der Waals surface area contributed by atoms with Gasteiger partial charge in [0.25, 0.3) is 0 Å². The first-order valence-electron chi connectivity index (χ1n) is 10.1. The van der Waals surface area contributed by atoms with Crippen molar-refractivity contribution in [2.45, 2.75) is 37.8 Å². The number of hydrogen-bond acceptors (Lipinski definition) is 7. The average molecular weight is 424 g/mol. The van der Waals surface area contributed by atoms with Crippen LogP contribution < -0.4 is 23.7 Å². The van der Waals surface area contributed by atoms with Crippen molar-refractivity contribution in [2.75, 3.05) is 21.3 Å². The number of ketones is 1.